The lowest BCUT2D eigenvalue weighted by Gasteiger charge is -2.15. The van der Waals surface area contributed by atoms with Crippen molar-refractivity contribution in [2.45, 2.75) is 122 Å². The van der Waals surface area contributed by atoms with E-state index < -0.39 is 10.1 Å². The van der Waals surface area contributed by atoms with Crippen molar-refractivity contribution in [1.29, 1.82) is 0 Å². The summed E-state index contributed by atoms with van der Waals surface area (Å²) in [7, 11) is -1.60. The van der Waals surface area contributed by atoms with Crippen molar-refractivity contribution in [2.24, 2.45) is 0 Å². The van der Waals surface area contributed by atoms with E-state index in [2.05, 4.69) is 6.92 Å². The summed E-state index contributed by atoms with van der Waals surface area (Å²) in [4.78, 5) is 0. The molecule has 0 aliphatic heterocycles. The molecule has 33 heavy (non-hydrogen) atoms. The minimum Gasteiger partial charge on any atom is -0.379 e. The number of hydrogen-bond donors (Lipinski definition) is 0. The molecular weight excluding hydrogens is 456 g/mol. The van der Waals surface area contributed by atoms with Crippen LogP contribution in [0, 0.1) is 0 Å². The van der Waals surface area contributed by atoms with Crippen molar-refractivity contribution in [3.63, 3.8) is 0 Å². The molecular formula is C26H54O5S2. The molecule has 0 aliphatic rings. The molecule has 0 aromatic carbocycles. The van der Waals surface area contributed by atoms with Crippen LogP contribution < -0.4 is 0 Å². The SMILES string of the molecule is CCCCCCCCCCCCCCCCCCOCC(CSCCCOS(C)(=O)=O)OC. The van der Waals surface area contributed by atoms with Gasteiger partial charge in [-0.3, -0.25) is 4.18 Å². The third-order valence-electron chi connectivity index (χ3n) is 5.81. The van der Waals surface area contributed by atoms with Gasteiger partial charge >= 0.3 is 0 Å². The van der Waals surface area contributed by atoms with E-state index in [1.165, 1.54) is 96.3 Å². The third kappa shape index (κ3) is 28.3. The molecule has 0 spiro atoms. The van der Waals surface area contributed by atoms with Crippen molar-refractivity contribution in [3.05, 3.63) is 0 Å². The van der Waals surface area contributed by atoms with Gasteiger partial charge in [0, 0.05) is 19.5 Å². The maximum absolute atomic E-state index is 10.9. The lowest BCUT2D eigenvalue weighted by molar-refractivity contribution is 0.0198. The summed E-state index contributed by atoms with van der Waals surface area (Å²) in [6.07, 6.45) is 24.0. The Hall–Kier alpha value is 0.180. The minimum absolute atomic E-state index is 0.0897. The first kappa shape index (κ1) is 33.2. The van der Waals surface area contributed by atoms with Gasteiger partial charge in [-0.1, -0.05) is 103 Å². The Morgan fingerprint density at radius 1 is 0.697 bits per heavy atom. The molecule has 0 N–H and O–H groups in total. The van der Waals surface area contributed by atoms with Gasteiger partial charge in [0.25, 0.3) is 10.1 Å². The maximum atomic E-state index is 10.9. The molecule has 0 rings (SSSR count). The normalized spacial score (nSPS) is 12.9. The average Bonchev–Trinajstić information content (AvgIpc) is 2.78. The van der Waals surface area contributed by atoms with Crippen molar-refractivity contribution in [2.75, 3.05) is 44.7 Å². The highest BCUT2D eigenvalue weighted by atomic mass is 32.2. The molecule has 0 aromatic rings. The molecule has 0 radical (unpaired) electrons. The van der Waals surface area contributed by atoms with Crippen LogP contribution in [0.15, 0.2) is 0 Å². The van der Waals surface area contributed by atoms with Gasteiger partial charge in [-0.05, 0) is 18.6 Å². The van der Waals surface area contributed by atoms with Gasteiger partial charge in [-0.25, -0.2) is 0 Å². The summed E-state index contributed by atoms with van der Waals surface area (Å²) < 4.78 is 37.8. The number of methoxy groups -OCH3 is 1. The second kappa shape index (κ2) is 25.3. The highest BCUT2D eigenvalue weighted by Gasteiger charge is 2.08. The summed E-state index contributed by atoms with van der Waals surface area (Å²) >= 11 is 1.75. The third-order valence-corrected chi connectivity index (χ3v) is 7.59. The first-order valence-electron chi connectivity index (χ1n) is 13.5. The molecule has 200 valence electrons. The van der Waals surface area contributed by atoms with E-state index >= 15 is 0 Å². The molecule has 0 amide bonds. The van der Waals surface area contributed by atoms with E-state index in [-0.39, 0.29) is 12.7 Å². The van der Waals surface area contributed by atoms with Gasteiger partial charge < -0.3 is 9.47 Å². The van der Waals surface area contributed by atoms with Gasteiger partial charge in [0.15, 0.2) is 0 Å². The van der Waals surface area contributed by atoms with Crippen LogP contribution in [0.25, 0.3) is 0 Å². The molecule has 0 fully saturated rings. The molecule has 0 heterocycles. The van der Waals surface area contributed by atoms with Crippen LogP contribution in [-0.2, 0) is 23.8 Å². The molecule has 1 unspecified atom stereocenters. The van der Waals surface area contributed by atoms with E-state index in [1.54, 1.807) is 18.9 Å². The van der Waals surface area contributed by atoms with Crippen LogP contribution in [0.4, 0.5) is 0 Å². The molecule has 0 saturated heterocycles. The molecule has 0 aliphatic carbocycles. The van der Waals surface area contributed by atoms with Gasteiger partial charge in [0.05, 0.1) is 25.6 Å². The molecule has 0 bridgehead atoms. The smallest absolute Gasteiger partial charge is 0.264 e. The van der Waals surface area contributed by atoms with Crippen molar-refractivity contribution in [1.82, 2.24) is 0 Å². The standard InChI is InChI=1S/C26H54O5S2/c1-4-5-6-7-8-9-10-11-12-13-14-15-16-17-18-19-21-30-24-26(29-2)25-32-23-20-22-31-33(3,27)28/h26H,4-25H2,1-3H3. The van der Waals surface area contributed by atoms with E-state index in [0.29, 0.717) is 13.0 Å². The maximum Gasteiger partial charge on any atom is 0.264 e. The predicted molar refractivity (Wildman–Crippen MR) is 144 cm³/mol. The summed E-state index contributed by atoms with van der Waals surface area (Å²) in [6, 6.07) is 0. The molecule has 1 atom stereocenters. The van der Waals surface area contributed by atoms with Crippen LogP contribution in [0.5, 0.6) is 0 Å². The summed E-state index contributed by atoms with van der Waals surface area (Å²) in [6.45, 7) is 3.97. The van der Waals surface area contributed by atoms with Gasteiger partial charge in [-0.15, -0.1) is 0 Å². The highest BCUT2D eigenvalue weighted by molar-refractivity contribution is 7.99. The van der Waals surface area contributed by atoms with Crippen molar-refractivity contribution < 1.29 is 22.1 Å². The predicted octanol–water partition coefficient (Wildman–Crippen LogP) is 7.38. The first-order chi connectivity index (χ1) is 16.0. The van der Waals surface area contributed by atoms with Gasteiger partial charge in [-0.2, -0.15) is 20.2 Å². The fraction of sp³-hybridized carbons (Fsp3) is 1.00. The number of unbranched alkanes of at least 4 members (excludes halogenated alkanes) is 15. The van der Waals surface area contributed by atoms with Crippen LogP contribution >= 0.6 is 11.8 Å². The lowest BCUT2D eigenvalue weighted by atomic mass is 10.0. The summed E-state index contributed by atoms with van der Waals surface area (Å²) in [5.41, 5.74) is 0. The first-order valence-corrected chi connectivity index (χ1v) is 16.5. The van der Waals surface area contributed by atoms with Crippen LogP contribution in [0.3, 0.4) is 0 Å². The monoisotopic (exact) mass is 510 g/mol. The number of ether oxygens (including phenoxy) is 2. The second-order valence-corrected chi connectivity index (χ2v) is 12.0. The molecule has 0 saturated carbocycles. The zero-order chi connectivity index (χ0) is 24.5. The van der Waals surface area contributed by atoms with E-state index in [4.69, 9.17) is 13.7 Å². The Bertz CT molecular complexity index is 485. The van der Waals surface area contributed by atoms with E-state index in [9.17, 15) is 8.42 Å². The van der Waals surface area contributed by atoms with Crippen molar-refractivity contribution >= 4 is 21.9 Å². The number of hydrogen-bond acceptors (Lipinski definition) is 6. The quantitative estimate of drug-likeness (QED) is 0.0848. The molecule has 0 aromatic heterocycles. The number of rotatable bonds is 27. The van der Waals surface area contributed by atoms with Crippen molar-refractivity contribution in [3.8, 4) is 0 Å². The van der Waals surface area contributed by atoms with Gasteiger partial charge in [0.2, 0.25) is 0 Å². The second-order valence-electron chi connectivity index (χ2n) is 9.19. The van der Waals surface area contributed by atoms with Crippen LogP contribution in [0.2, 0.25) is 0 Å². The lowest BCUT2D eigenvalue weighted by Crippen LogP contribution is -2.21. The van der Waals surface area contributed by atoms with Crippen LogP contribution in [0.1, 0.15) is 116 Å². The Labute approximate surface area is 210 Å². The Morgan fingerprint density at radius 3 is 1.64 bits per heavy atom. The zero-order valence-corrected chi connectivity index (χ0v) is 23.6. The highest BCUT2D eigenvalue weighted by Crippen LogP contribution is 2.14. The summed E-state index contributed by atoms with van der Waals surface area (Å²) in [5, 5.41) is 0. The number of thioether (sulfide) groups is 1. The Balaban J connectivity index is 3.28. The topological polar surface area (TPSA) is 61.8 Å². The Morgan fingerprint density at radius 2 is 1.18 bits per heavy atom. The summed E-state index contributed by atoms with van der Waals surface area (Å²) in [5.74, 6) is 1.71. The average molecular weight is 511 g/mol. The molecule has 5 nitrogen and oxygen atoms in total. The van der Waals surface area contributed by atoms with E-state index in [1.807, 2.05) is 0 Å². The van der Waals surface area contributed by atoms with E-state index in [0.717, 1.165) is 30.8 Å². The fourth-order valence-corrected chi connectivity index (χ4v) is 5.14. The van der Waals surface area contributed by atoms with Gasteiger partial charge in [0.1, 0.15) is 0 Å². The zero-order valence-electron chi connectivity index (χ0n) is 22.0. The largest absolute Gasteiger partial charge is 0.379 e. The minimum atomic E-state index is -3.32. The fourth-order valence-electron chi connectivity index (χ4n) is 3.74. The molecule has 7 heteroatoms. The van der Waals surface area contributed by atoms with Crippen LogP contribution in [-0.4, -0.2) is 59.2 Å². The Kier molecular flexibility index (Phi) is 25.4.